The molecular formula is C29H46N4O7. The van der Waals surface area contributed by atoms with Crippen LogP contribution in [-0.2, 0) is 28.7 Å². The second-order valence-electron chi connectivity index (χ2n) is 10.8. The lowest BCUT2D eigenvalue weighted by atomic mass is 9.94. The molecule has 11 nitrogen and oxygen atoms in total. The number of nitrogens with zero attached hydrogens (tertiary/aromatic N) is 1. The predicted molar refractivity (Wildman–Crippen MR) is 151 cm³/mol. The first-order chi connectivity index (χ1) is 18.6. The number of esters is 1. The van der Waals surface area contributed by atoms with E-state index in [1.54, 1.807) is 34.6 Å². The lowest BCUT2D eigenvalue weighted by Crippen LogP contribution is -2.55. The molecule has 0 aliphatic rings. The molecule has 0 saturated carbocycles. The number of rotatable bonds is 14. The second-order valence-corrected chi connectivity index (χ2v) is 10.8. The smallest absolute Gasteiger partial charge is 0.408 e. The summed E-state index contributed by atoms with van der Waals surface area (Å²) in [6, 6.07) is 2.91. The molecule has 1 aromatic rings. The Kier molecular flexibility index (Phi) is 13.6. The van der Waals surface area contributed by atoms with Crippen LogP contribution >= 0.6 is 0 Å². The summed E-state index contributed by atoms with van der Waals surface area (Å²) in [5.74, 6) is -2.14. The summed E-state index contributed by atoms with van der Waals surface area (Å²) in [7, 11) is 0. The van der Waals surface area contributed by atoms with Gasteiger partial charge >= 0.3 is 12.1 Å². The summed E-state index contributed by atoms with van der Waals surface area (Å²) in [5, 5.41) is 5.35. The van der Waals surface area contributed by atoms with E-state index in [9.17, 15) is 24.0 Å². The second kappa shape index (κ2) is 15.8. The number of nitrogens with one attached hydrogen (secondary N) is 2. The van der Waals surface area contributed by atoms with Crippen LogP contribution in [0.1, 0.15) is 90.0 Å². The third-order valence-corrected chi connectivity index (χ3v) is 6.18. The van der Waals surface area contributed by atoms with Crippen molar-refractivity contribution in [1.29, 1.82) is 0 Å². The first kappa shape index (κ1) is 34.4. The highest BCUT2D eigenvalue weighted by Gasteiger charge is 2.39. The molecule has 11 heteroatoms. The van der Waals surface area contributed by atoms with Gasteiger partial charge < -0.3 is 30.7 Å². The molecule has 0 aromatic heterocycles. The van der Waals surface area contributed by atoms with Gasteiger partial charge in [0.15, 0.2) is 0 Å². The Morgan fingerprint density at radius 2 is 1.70 bits per heavy atom. The van der Waals surface area contributed by atoms with E-state index in [2.05, 4.69) is 10.6 Å². The largest absolute Gasteiger partial charge is 0.466 e. The monoisotopic (exact) mass is 562 g/mol. The molecule has 0 heterocycles. The lowest BCUT2D eigenvalue weighted by Gasteiger charge is -2.38. The average molecular weight is 563 g/mol. The quantitative estimate of drug-likeness (QED) is 0.294. The maximum atomic E-state index is 14.2. The van der Waals surface area contributed by atoms with Crippen LogP contribution in [0, 0.1) is 13.8 Å². The van der Waals surface area contributed by atoms with E-state index < -0.39 is 53.5 Å². The third-order valence-electron chi connectivity index (χ3n) is 6.18. The predicted octanol–water partition coefficient (Wildman–Crippen LogP) is 3.20. The molecule has 4 N–H and O–H groups in total. The zero-order valence-electron chi connectivity index (χ0n) is 25.1. The fourth-order valence-corrected chi connectivity index (χ4v) is 4.06. The van der Waals surface area contributed by atoms with Crippen LogP contribution in [0.5, 0.6) is 0 Å². The van der Waals surface area contributed by atoms with Crippen LogP contribution in [-0.4, -0.2) is 65.5 Å². The summed E-state index contributed by atoms with van der Waals surface area (Å²) >= 11 is 0. The van der Waals surface area contributed by atoms with Crippen molar-refractivity contribution in [2.75, 3.05) is 13.2 Å². The van der Waals surface area contributed by atoms with Gasteiger partial charge in [-0.25, -0.2) is 4.79 Å². The number of carbonyl (C=O) groups is 5. The zero-order chi connectivity index (χ0) is 30.6. The number of carbonyl (C=O) groups excluding carboxylic acids is 5. The number of ether oxygens (including phenoxy) is 2. The van der Waals surface area contributed by atoms with E-state index in [1.807, 2.05) is 39.0 Å². The van der Waals surface area contributed by atoms with Crippen LogP contribution in [0.15, 0.2) is 18.2 Å². The van der Waals surface area contributed by atoms with Gasteiger partial charge in [0.05, 0.1) is 13.0 Å². The molecule has 0 fully saturated rings. The summed E-state index contributed by atoms with van der Waals surface area (Å²) in [6.45, 7) is 14.4. The number of hydrogen-bond donors (Lipinski definition) is 3. The third kappa shape index (κ3) is 11.2. The van der Waals surface area contributed by atoms with Gasteiger partial charge in [0.25, 0.3) is 0 Å². The van der Waals surface area contributed by atoms with Crippen molar-refractivity contribution in [3.63, 3.8) is 0 Å². The van der Waals surface area contributed by atoms with E-state index in [-0.39, 0.29) is 32.4 Å². The van der Waals surface area contributed by atoms with Gasteiger partial charge in [-0.05, 0) is 72.4 Å². The van der Waals surface area contributed by atoms with Crippen molar-refractivity contribution >= 4 is 29.8 Å². The van der Waals surface area contributed by atoms with Gasteiger partial charge in [0.1, 0.15) is 17.7 Å². The van der Waals surface area contributed by atoms with Crippen molar-refractivity contribution in [2.45, 2.75) is 105 Å². The zero-order valence-corrected chi connectivity index (χ0v) is 25.1. The number of nitrogens with two attached hydrogens (primary N) is 1. The van der Waals surface area contributed by atoms with E-state index in [1.165, 1.54) is 4.90 Å². The number of primary amides is 1. The van der Waals surface area contributed by atoms with Gasteiger partial charge in [-0.1, -0.05) is 30.7 Å². The fourth-order valence-electron chi connectivity index (χ4n) is 4.06. The summed E-state index contributed by atoms with van der Waals surface area (Å²) in [6.07, 6.45) is -0.609. The Hall–Kier alpha value is -3.63. The molecule has 3 unspecified atom stereocenters. The Morgan fingerprint density at radius 1 is 1.05 bits per heavy atom. The molecular weight excluding hydrogens is 516 g/mol. The van der Waals surface area contributed by atoms with Gasteiger partial charge in [-0.3, -0.25) is 19.2 Å². The molecule has 3 atom stereocenters. The molecule has 0 bridgehead atoms. The van der Waals surface area contributed by atoms with Crippen LogP contribution in [0.3, 0.4) is 0 Å². The molecule has 0 radical (unpaired) electrons. The Balaban J connectivity index is 3.56. The Labute approximate surface area is 237 Å². The molecule has 0 aliphatic heterocycles. The first-order valence-electron chi connectivity index (χ1n) is 13.7. The van der Waals surface area contributed by atoms with E-state index in [0.29, 0.717) is 12.0 Å². The van der Waals surface area contributed by atoms with Crippen molar-refractivity contribution in [1.82, 2.24) is 15.5 Å². The average Bonchev–Trinajstić information content (AvgIpc) is 2.84. The summed E-state index contributed by atoms with van der Waals surface area (Å²) in [5.41, 5.74) is 6.82. The molecule has 0 spiro atoms. The molecule has 40 heavy (non-hydrogen) atoms. The van der Waals surface area contributed by atoms with Crippen LogP contribution in [0.4, 0.5) is 4.79 Å². The minimum Gasteiger partial charge on any atom is -0.466 e. The molecule has 224 valence electrons. The molecule has 0 aliphatic carbocycles. The molecule has 4 amide bonds. The van der Waals surface area contributed by atoms with Crippen molar-refractivity contribution < 1.29 is 33.4 Å². The summed E-state index contributed by atoms with van der Waals surface area (Å²) in [4.78, 5) is 65.5. The molecule has 1 rings (SSSR count). The Bertz CT molecular complexity index is 1050. The fraction of sp³-hybridized carbons (Fsp3) is 0.621. The maximum absolute atomic E-state index is 14.2. The minimum absolute atomic E-state index is 0.0167. The minimum atomic E-state index is -1.18. The number of hydrogen-bond acceptors (Lipinski definition) is 7. The van der Waals surface area contributed by atoms with Gasteiger partial charge in [0.2, 0.25) is 17.7 Å². The SMILES string of the molecule is CCOC(=O)CCNC(=O)C(c1cc(C)ccc1C)N(C(=O)C(CCC(N)=O)NC(=O)OC(C)(C)C)C(C)CC. The normalized spacial score (nSPS) is 13.4. The Morgan fingerprint density at radius 3 is 2.25 bits per heavy atom. The van der Waals surface area contributed by atoms with Crippen molar-refractivity contribution in [3.8, 4) is 0 Å². The highest BCUT2D eigenvalue weighted by atomic mass is 16.6. The molecule has 0 saturated heterocycles. The number of aryl methyl sites for hydroxylation is 2. The molecule has 1 aromatic carbocycles. The van der Waals surface area contributed by atoms with Crippen molar-refractivity contribution in [3.05, 3.63) is 34.9 Å². The van der Waals surface area contributed by atoms with Gasteiger partial charge in [-0.15, -0.1) is 0 Å². The van der Waals surface area contributed by atoms with E-state index >= 15 is 0 Å². The van der Waals surface area contributed by atoms with E-state index in [0.717, 1.165) is 11.1 Å². The topological polar surface area (TPSA) is 157 Å². The van der Waals surface area contributed by atoms with Gasteiger partial charge in [0, 0.05) is 19.0 Å². The highest BCUT2D eigenvalue weighted by molar-refractivity contribution is 5.93. The standard InChI is InChI=1S/C29H46N4O7/c1-9-20(5)33(27(37)22(13-14-23(30)34)32-28(38)40-29(6,7)8)25(21-17-18(3)11-12-19(21)4)26(36)31-16-15-24(35)39-10-2/h11-12,17,20,22,25H,9-10,13-16H2,1-8H3,(H2,30,34)(H,31,36)(H,32,38). The van der Waals surface area contributed by atoms with Gasteiger partial charge in [-0.2, -0.15) is 0 Å². The van der Waals surface area contributed by atoms with Crippen LogP contribution < -0.4 is 16.4 Å². The maximum Gasteiger partial charge on any atom is 0.408 e. The lowest BCUT2D eigenvalue weighted by molar-refractivity contribution is -0.146. The highest BCUT2D eigenvalue weighted by Crippen LogP contribution is 2.30. The first-order valence-corrected chi connectivity index (χ1v) is 13.7. The summed E-state index contributed by atoms with van der Waals surface area (Å²) < 4.78 is 10.3. The number of benzene rings is 1. The van der Waals surface area contributed by atoms with Crippen LogP contribution in [0.25, 0.3) is 0 Å². The number of alkyl carbamates (subject to hydrolysis) is 1. The van der Waals surface area contributed by atoms with Crippen molar-refractivity contribution in [2.24, 2.45) is 5.73 Å². The van der Waals surface area contributed by atoms with E-state index in [4.69, 9.17) is 15.2 Å². The van der Waals surface area contributed by atoms with Crippen LogP contribution in [0.2, 0.25) is 0 Å². The number of amides is 4.